The Bertz CT molecular complexity index is 692. The summed E-state index contributed by atoms with van der Waals surface area (Å²) < 4.78 is 0. The number of nitrogens with two attached hydrogens (primary N) is 1. The lowest BCUT2D eigenvalue weighted by molar-refractivity contribution is 0.102. The van der Waals surface area contributed by atoms with Gasteiger partial charge >= 0.3 is 0 Å². The third-order valence-corrected chi connectivity index (χ3v) is 5.26. The second-order valence-electron chi connectivity index (χ2n) is 6.22. The predicted molar refractivity (Wildman–Crippen MR) is 107 cm³/mol. The Labute approximate surface area is 154 Å². The van der Waals surface area contributed by atoms with E-state index >= 15 is 0 Å². The first-order valence-electron chi connectivity index (χ1n) is 8.82. The molecule has 0 aliphatic carbocycles. The van der Waals surface area contributed by atoms with E-state index in [1.807, 2.05) is 39.0 Å². The van der Waals surface area contributed by atoms with Crippen LogP contribution in [-0.4, -0.2) is 24.0 Å². The Hall–Kier alpha value is -1.92. The molecule has 1 heterocycles. The normalized spacial score (nSPS) is 10.7. The molecule has 1 aromatic carbocycles. The van der Waals surface area contributed by atoms with E-state index in [-0.39, 0.29) is 5.91 Å². The highest BCUT2D eigenvalue weighted by Crippen LogP contribution is 2.24. The SMILES string of the molecule is Cc1nc(NC(=O)c2cccc(NCCCCCCN)c2C)sc1C. The van der Waals surface area contributed by atoms with Crippen molar-refractivity contribution in [3.8, 4) is 0 Å². The zero-order valence-electron chi connectivity index (χ0n) is 15.3. The average Bonchev–Trinajstić information content (AvgIpc) is 2.89. The summed E-state index contributed by atoms with van der Waals surface area (Å²) in [5, 5.41) is 7.00. The predicted octanol–water partition coefficient (Wildman–Crippen LogP) is 4.25. The third kappa shape index (κ3) is 5.54. The van der Waals surface area contributed by atoms with Crippen molar-refractivity contribution in [3.05, 3.63) is 39.9 Å². The van der Waals surface area contributed by atoms with E-state index in [0.29, 0.717) is 10.7 Å². The quantitative estimate of drug-likeness (QED) is 0.584. The van der Waals surface area contributed by atoms with Crippen LogP contribution in [-0.2, 0) is 0 Å². The molecule has 0 fully saturated rings. The molecule has 2 rings (SSSR count). The van der Waals surface area contributed by atoms with Gasteiger partial charge in [0.15, 0.2) is 5.13 Å². The van der Waals surface area contributed by atoms with Gasteiger partial charge in [0.1, 0.15) is 0 Å². The number of hydrogen-bond acceptors (Lipinski definition) is 5. The zero-order valence-corrected chi connectivity index (χ0v) is 16.1. The van der Waals surface area contributed by atoms with Gasteiger partial charge in [-0.1, -0.05) is 18.9 Å². The van der Waals surface area contributed by atoms with E-state index in [2.05, 4.69) is 15.6 Å². The van der Waals surface area contributed by atoms with Crippen LogP contribution >= 0.6 is 11.3 Å². The number of aromatic nitrogens is 1. The Kier molecular flexibility index (Phi) is 7.40. The van der Waals surface area contributed by atoms with Crippen LogP contribution in [0.2, 0.25) is 0 Å². The second-order valence-corrected chi connectivity index (χ2v) is 7.43. The summed E-state index contributed by atoms with van der Waals surface area (Å²) in [6.45, 7) is 7.60. The summed E-state index contributed by atoms with van der Waals surface area (Å²) in [5.41, 5.74) is 9.12. The molecule has 0 atom stereocenters. The maximum atomic E-state index is 12.6. The summed E-state index contributed by atoms with van der Waals surface area (Å²) in [6.07, 6.45) is 4.54. The molecule has 0 saturated carbocycles. The molecule has 1 aromatic heterocycles. The van der Waals surface area contributed by atoms with Gasteiger partial charge in [0, 0.05) is 22.7 Å². The molecule has 2 aromatic rings. The van der Waals surface area contributed by atoms with Crippen LogP contribution in [0.25, 0.3) is 0 Å². The van der Waals surface area contributed by atoms with Crippen LogP contribution in [0.5, 0.6) is 0 Å². The van der Waals surface area contributed by atoms with Crippen molar-refractivity contribution in [1.82, 2.24) is 4.98 Å². The molecule has 0 unspecified atom stereocenters. The lowest BCUT2D eigenvalue weighted by Crippen LogP contribution is -2.14. The number of benzene rings is 1. The first kappa shape index (κ1) is 19.4. The van der Waals surface area contributed by atoms with Gasteiger partial charge in [0.2, 0.25) is 0 Å². The Balaban J connectivity index is 1.95. The number of nitrogens with zero attached hydrogens (tertiary/aromatic N) is 1. The van der Waals surface area contributed by atoms with Gasteiger partial charge in [-0.2, -0.15) is 0 Å². The number of carbonyl (C=O) groups is 1. The van der Waals surface area contributed by atoms with Crippen LogP contribution in [0, 0.1) is 20.8 Å². The fourth-order valence-corrected chi connectivity index (χ4v) is 3.42. The van der Waals surface area contributed by atoms with Gasteiger partial charge in [-0.3, -0.25) is 10.1 Å². The smallest absolute Gasteiger partial charge is 0.257 e. The van der Waals surface area contributed by atoms with E-state index in [9.17, 15) is 4.79 Å². The lowest BCUT2D eigenvalue weighted by Gasteiger charge is -2.13. The first-order valence-corrected chi connectivity index (χ1v) is 9.63. The number of unbranched alkanes of at least 4 members (excludes halogenated alkanes) is 3. The van der Waals surface area contributed by atoms with Crippen molar-refractivity contribution in [1.29, 1.82) is 0 Å². The highest BCUT2D eigenvalue weighted by atomic mass is 32.1. The van der Waals surface area contributed by atoms with Gasteiger partial charge in [-0.05, 0) is 57.9 Å². The standard InChI is InChI=1S/C19H28N4OS/c1-13-16(18(24)23-19-22-14(2)15(3)25-19)9-8-10-17(13)21-12-7-5-4-6-11-20/h8-10,21H,4-7,11-12,20H2,1-3H3,(H,22,23,24). The number of carbonyl (C=O) groups excluding carboxylic acids is 1. The van der Waals surface area contributed by atoms with Gasteiger partial charge in [0.05, 0.1) is 5.69 Å². The van der Waals surface area contributed by atoms with E-state index in [4.69, 9.17) is 5.73 Å². The first-order chi connectivity index (χ1) is 12.0. The van der Waals surface area contributed by atoms with Crippen LogP contribution in [0.15, 0.2) is 18.2 Å². The molecule has 136 valence electrons. The van der Waals surface area contributed by atoms with E-state index in [0.717, 1.165) is 47.8 Å². The number of rotatable bonds is 9. The summed E-state index contributed by atoms with van der Waals surface area (Å²) in [4.78, 5) is 18.1. The molecule has 0 spiro atoms. The van der Waals surface area contributed by atoms with E-state index in [1.54, 1.807) is 0 Å². The molecular weight excluding hydrogens is 332 g/mol. The third-order valence-electron chi connectivity index (χ3n) is 4.27. The minimum absolute atomic E-state index is 0.113. The molecule has 6 heteroatoms. The molecule has 4 N–H and O–H groups in total. The summed E-state index contributed by atoms with van der Waals surface area (Å²) in [6, 6.07) is 5.78. The monoisotopic (exact) mass is 360 g/mol. The van der Waals surface area contributed by atoms with Gasteiger partial charge in [-0.25, -0.2) is 4.98 Å². The van der Waals surface area contributed by atoms with Crippen molar-refractivity contribution in [2.24, 2.45) is 5.73 Å². The van der Waals surface area contributed by atoms with Crippen LogP contribution in [0.1, 0.15) is 52.2 Å². The summed E-state index contributed by atoms with van der Waals surface area (Å²) in [5.74, 6) is -0.113. The van der Waals surface area contributed by atoms with Crippen molar-refractivity contribution < 1.29 is 4.79 Å². The Morgan fingerprint density at radius 3 is 2.60 bits per heavy atom. The maximum Gasteiger partial charge on any atom is 0.257 e. The second kappa shape index (κ2) is 9.53. The number of hydrogen-bond donors (Lipinski definition) is 3. The molecular formula is C19H28N4OS. The van der Waals surface area contributed by atoms with E-state index < -0.39 is 0 Å². The number of anilines is 2. The van der Waals surface area contributed by atoms with Crippen LogP contribution < -0.4 is 16.4 Å². The van der Waals surface area contributed by atoms with Crippen molar-refractivity contribution in [2.75, 3.05) is 23.7 Å². The summed E-state index contributed by atoms with van der Waals surface area (Å²) in [7, 11) is 0. The lowest BCUT2D eigenvalue weighted by atomic mass is 10.1. The minimum Gasteiger partial charge on any atom is -0.385 e. The Morgan fingerprint density at radius 2 is 1.92 bits per heavy atom. The molecule has 1 amide bonds. The number of aryl methyl sites for hydroxylation is 2. The van der Waals surface area contributed by atoms with Crippen LogP contribution in [0.3, 0.4) is 0 Å². The maximum absolute atomic E-state index is 12.6. The largest absolute Gasteiger partial charge is 0.385 e. The molecule has 0 saturated heterocycles. The number of thiazole rings is 1. The number of amides is 1. The van der Waals surface area contributed by atoms with Gasteiger partial charge < -0.3 is 11.1 Å². The van der Waals surface area contributed by atoms with Crippen LogP contribution in [0.4, 0.5) is 10.8 Å². The van der Waals surface area contributed by atoms with Crippen molar-refractivity contribution in [2.45, 2.75) is 46.5 Å². The Morgan fingerprint density at radius 1 is 1.16 bits per heavy atom. The molecule has 0 aliphatic rings. The molecule has 5 nitrogen and oxygen atoms in total. The highest BCUT2D eigenvalue weighted by Gasteiger charge is 2.14. The van der Waals surface area contributed by atoms with Gasteiger partial charge in [-0.15, -0.1) is 11.3 Å². The highest BCUT2D eigenvalue weighted by molar-refractivity contribution is 7.15. The average molecular weight is 361 g/mol. The summed E-state index contributed by atoms with van der Waals surface area (Å²) >= 11 is 1.50. The van der Waals surface area contributed by atoms with Crippen molar-refractivity contribution in [3.63, 3.8) is 0 Å². The number of nitrogens with one attached hydrogen (secondary N) is 2. The molecule has 0 bridgehead atoms. The van der Waals surface area contributed by atoms with Crippen molar-refractivity contribution >= 4 is 28.1 Å². The zero-order chi connectivity index (χ0) is 18.2. The fourth-order valence-electron chi connectivity index (χ4n) is 2.61. The molecule has 25 heavy (non-hydrogen) atoms. The minimum atomic E-state index is -0.113. The fraction of sp³-hybridized carbons (Fsp3) is 0.474. The topological polar surface area (TPSA) is 80.0 Å². The van der Waals surface area contributed by atoms with Gasteiger partial charge in [0.25, 0.3) is 5.91 Å². The van der Waals surface area contributed by atoms with E-state index in [1.165, 1.54) is 24.2 Å². The molecule has 0 aliphatic heterocycles. The molecule has 0 radical (unpaired) electrons.